The van der Waals surface area contributed by atoms with Gasteiger partial charge in [0.15, 0.2) is 11.5 Å². The second-order valence-corrected chi connectivity index (χ2v) is 8.70. The highest BCUT2D eigenvalue weighted by atomic mass is 19.3. The fourth-order valence-electron chi connectivity index (χ4n) is 4.64. The van der Waals surface area contributed by atoms with Gasteiger partial charge >= 0.3 is 5.69 Å². The van der Waals surface area contributed by atoms with E-state index < -0.39 is 30.7 Å². The quantitative estimate of drug-likeness (QED) is 0.404. The molecule has 5 heterocycles. The van der Waals surface area contributed by atoms with Crippen molar-refractivity contribution in [3.63, 3.8) is 0 Å². The SMILES string of the molecule is CCC(c1cccnc1)n1c(=O)[nH]c2c(N3CC(F)(F)C3)nc(-n3cnc4ccc(C#N)cc43)nc21. The van der Waals surface area contributed by atoms with Gasteiger partial charge in [0.1, 0.15) is 11.8 Å². The van der Waals surface area contributed by atoms with E-state index in [9.17, 15) is 18.8 Å². The van der Waals surface area contributed by atoms with Crippen molar-refractivity contribution in [2.75, 3.05) is 18.0 Å². The first-order valence-electron chi connectivity index (χ1n) is 11.3. The lowest BCUT2D eigenvalue weighted by Gasteiger charge is -2.39. The van der Waals surface area contributed by atoms with E-state index in [0.29, 0.717) is 23.0 Å². The van der Waals surface area contributed by atoms with Gasteiger partial charge in [-0.05, 0) is 36.2 Å². The Morgan fingerprint density at radius 1 is 1.25 bits per heavy atom. The minimum atomic E-state index is -2.84. The van der Waals surface area contributed by atoms with Crippen LogP contribution in [0.4, 0.5) is 14.6 Å². The van der Waals surface area contributed by atoms with Crippen molar-refractivity contribution in [3.05, 3.63) is 70.7 Å². The van der Waals surface area contributed by atoms with Crippen molar-refractivity contribution < 1.29 is 8.78 Å². The molecule has 0 spiro atoms. The first-order chi connectivity index (χ1) is 17.4. The van der Waals surface area contributed by atoms with Gasteiger partial charge in [-0.15, -0.1) is 0 Å². The maximum Gasteiger partial charge on any atom is 0.328 e. The van der Waals surface area contributed by atoms with E-state index >= 15 is 0 Å². The van der Waals surface area contributed by atoms with Crippen LogP contribution in [0, 0.1) is 11.3 Å². The molecule has 6 rings (SSSR count). The fourth-order valence-corrected chi connectivity index (χ4v) is 4.64. The van der Waals surface area contributed by atoms with Crippen LogP contribution in [0.1, 0.15) is 30.5 Å². The number of aromatic amines is 1. The smallest absolute Gasteiger partial charge is 0.328 e. The zero-order valence-corrected chi connectivity index (χ0v) is 19.1. The summed E-state index contributed by atoms with van der Waals surface area (Å²) in [5, 5.41) is 9.34. The number of hydrogen-bond donors (Lipinski definition) is 1. The summed E-state index contributed by atoms with van der Waals surface area (Å²) in [4.78, 5) is 35.2. The maximum absolute atomic E-state index is 13.8. The Hall–Kier alpha value is -4.66. The number of aromatic nitrogens is 7. The standard InChI is InChI=1S/C24H19F2N9O/c1-2-17(15-4-3-7-28-10-15)35-21-19(30-23(35)36)20(33-11-24(25,26)12-33)31-22(32-21)34-13-29-16-6-5-14(9-27)8-18(16)34/h3-8,10,13,17H,2,11-12H2,1H3,(H,30,36). The minimum Gasteiger partial charge on any atom is -0.342 e. The highest BCUT2D eigenvalue weighted by Gasteiger charge is 2.45. The van der Waals surface area contributed by atoms with E-state index in [0.717, 1.165) is 5.56 Å². The average molecular weight is 487 g/mol. The number of nitrogens with zero attached hydrogens (tertiary/aromatic N) is 8. The van der Waals surface area contributed by atoms with Crippen molar-refractivity contribution >= 4 is 28.0 Å². The van der Waals surface area contributed by atoms with E-state index in [1.165, 1.54) is 15.8 Å². The number of nitriles is 1. The molecule has 180 valence electrons. The molecule has 1 aliphatic rings. The van der Waals surface area contributed by atoms with Crippen molar-refractivity contribution in [3.8, 4) is 12.0 Å². The Kier molecular flexibility index (Phi) is 4.82. The number of imidazole rings is 2. The number of fused-ring (bicyclic) bond motifs is 2. The number of rotatable bonds is 5. The van der Waals surface area contributed by atoms with Crippen LogP contribution in [-0.2, 0) is 0 Å². The summed E-state index contributed by atoms with van der Waals surface area (Å²) in [6.45, 7) is 0.901. The normalized spacial score (nSPS) is 15.7. The van der Waals surface area contributed by atoms with Crippen LogP contribution in [0.2, 0.25) is 0 Å². The van der Waals surface area contributed by atoms with Crippen LogP contribution in [0.25, 0.3) is 28.1 Å². The van der Waals surface area contributed by atoms with Gasteiger partial charge in [0, 0.05) is 12.4 Å². The lowest BCUT2D eigenvalue weighted by molar-refractivity contribution is -0.0265. The van der Waals surface area contributed by atoms with Gasteiger partial charge in [-0.3, -0.25) is 14.1 Å². The summed E-state index contributed by atoms with van der Waals surface area (Å²) in [5.74, 6) is -2.49. The van der Waals surface area contributed by atoms with Crippen molar-refractivity contribution in [2.24, 2.45) is 0 Å². The first kappa shape index (κ1) is 21.8. The molecule has 0 bridgehead atoms. The molecule has 1 saturated heterocycles. The predicted molar refractivity (Wildman–Crippen MR) is 127 cm³/mol. The summed E-state index contributed by atoms with van der Waals surface area (Å²) in [7, 11) is 0. The molecular weight excluding hydrogens is 468 g/mol. The van der Waals surface area contributed by atoms with Crippen molar-refractivity contribution in [2.45, 2.75) is 25.3 Å². The van der Waals surface area contributed by atoms with Crippen LogP contribution >= 0.6 is 0 Å². The van der Waals surface area contributed by atoms with Gasteiger partial charge in [-0.25, -0.2) is 18.6 Å². The number of halogens is 2. The largest absolute Gasteiger partial charge is 0.342 e. The zero-order valence-electron chi connectivity index (χ0n) is 19.1. The monoisotopic (exact) mass is 487 g/mol. The van der Waals surface area contributed by atoms with Crippen LogP contribution < -0.4 is 10.6 Å². The molecule has 1 fully saturated rings. The Bertz CT molecular complexity index is 1710. The van der Waals surface area contributed by atoms with Crippen LogP contribution in [0.5, 0.6) is 0 Å². The van der Waals surface area contributed by atoms with Crippen LogP contribution in [0.15, 0.2) is 53.8 Å². The summed E-state index contributed by atoms with van der Waals surface area (Å²) in [6.07, 6.45) is 5.41. The third-order valence-corrected chi connectivity index (χ3v) is 6.34. The zero-order chi connectivity index (χ0) is 25.0. The molecule has 1 N–H and O–H groups in total. The second-order valence-electron chi connectivity index (χ2n) is 8.70. The molecule has 5 aromatic rings. The van der Waals surface area contributed by atoms with E-state index in [1.54, 1.807) is 41.2 Å². The molecule has 1 aliphatic heterocycles. The summed E-state index contributed by atoms with van der Waals surface area (Å²) < 4.78 is 30.7. The van der Waals surface area contributed by atoms with Crippen molar-refractivity contribution in [1.29, 1.82) is 5.26 Å². The first-order valence-corrected chi connectivity index (χ1v) is 11.3. The summed E-state index contributed by atoms with van der Waals surface area (Å²) in [6, 6.07) is 10.4. The minimum absolute atomic E-state index is 0.152. The number of alkyl halides is 2. The maximum atomic E-state index is 13.8. The van der Waals surface area contributed by atoms with Crippen LogP contribution in [0.3, 0.4) is 0 Å². The number of pyridine rings is 1. The van der Waals surface area contributed by atoms with Crippen molar-refractivity contribution in [1.82, 2.24) is 34.1 Å². The summed E-state index contributed by atoms with van der Waals surface area (Å²) in [5.41, 5.74) is 2.57. The number of anilines is 1. The van der Waals surface area contributed by atoms with Gasteiger partial charge in [-0.2, -0.15) is 15.2 Å². The number of nitrogens with one attached hydrogen (secondary N) is 1. The molecule has 1 aromatic carbocycles. The van der Waals surface area contributed by atoms with E-state index in [1.807, 2.05) is 13.0 Å². The Morgan fingerprint density at radius 3 is 2.78 bits per heavy atom. The lowest BCUT2D eigenvalue weighted by atomic mass is 10.1. The second kappa shape index (κ2) is 7.94. The molecule has 0 radical (unpaired) electrons. The Balaban J connectivity index is 1.61. The Morgan fingerprint density at radius 2 is 2.08 bits per heavy atom. The van der Waals surface area contributed by atoms with Crippen LogP contribution in [-0.4, -0.2) is 53.1 Å². The highest BCUT2D eigenvalue weighted by Crippen LogP contribution is 2.35. The molecular formula is C24H19F2N9O. The van der Waals surface area contributed by atoms with Gasteiger partial charge in [0.05, 0.1) is 41.8 Å². The number of H-pyrrole nitrogens is 1. The molecule has 12 heteroatoms. The highest BCUT2D eigenvalue weighted by molar-refractivity contribution is 5.86. The lowest BCUT2D eigenvalue weighted by Crippen LogP contribution is -2.56. The third kappa shape index (κ3) is 3.39. The topological polar surface area (TPSA) is 121 Å². The van der Waals surface area contributed by atoms with E-state index in [2.05, 4.69) is 26.0 Å². The fraction of sp³-hybridized carbons (Fsp3) is 0.250. The number of benzene rings is 1. The molecule has 0 saturated carbocycles. The van der Waals surface area contributed by atoms with E-state index in [4.69, 9.17) is 4.98 Å². The van der Waals surface area contributed by atoms with E-state index in [-0.39, 0.29) is 22.9 Å². The van der Waals surface area contributed by atoms with Gasteiger partial charge in [-0.1, -0.05) is 13.0 Å². The Labute approximate surface area is 202 Å². The molecule has 10 nitrogen and oxygen atoms in total. The molecule has 0 aliphatic carbocycles. The van der Waals surface area contributed by atoms with Gasteiger partial charge in [0.2, 0.25) is 5.95 Å². The summed E-state index contributed by atoms with van der Waals surface area (Å²) >= 11 is 0. The number of hydrogen-bond acceptors (Lipinski definition) is 7. The molecule has 0 amide bonds. The molecule has 4 aromatic heterocycles. The molecule has 1 unspecified atom stereocenters. The molecule has 1 atom stereocenters. The predicted octanol–water partition coefficient (Wildman–Crippen LogP) is 3.18. The van der Waals surface area contributed by atoms with Gasteiger partial charge < -0.3 is 9.88 Å². The average Bonchev–Trinajstić information content (AvgIpc) is 3.43. The molecule has 36 heavy (non-hydrogen) atoms. The van der Waals surface area contributed by atoms with Gasteiger partial charge in [0.25, 0.3) is 5.92 Å². The third-order valence-electron chi connectivity index (χ3n) is 6.34.